The van der Waals surface area contributed by atoms with Crippen LogP contribution in [0.5, 0.6) is 0 Å². The molecule has 2 rings (SSSR count). The van der Waals surface area contributed by atoms with Crippen molar-refractivity contribution in [1.29, 1.82) is 0 Å². The molecule has 2 unspecified atom stereocenters. The molecule has 20 heavy (non-hydrogen) atoms. The van der Waals surface area contributed by atoms with Gasteiger partial charge in [0.15, 0.2) is 0 Å². The molecule has 1 aromatic carbocycles. The van der Waals surface area contributed by atoms with Crippen LogP contribution in [0.15, 0.2) is 24.3 Å². The summed E-state index contributed by atoms with van der Waals surface area (Å²) >= 11 is 0. The van der Waals surface area contributed by atoms with Crippen LogP contribution < -0.4 is 5.32 Å². The Kier molecular flexibility index (Phi) is 4.81. The molecule has 110 valence electrons. The summed E-state index contributed by atoms with van der Waals surface area (Å²) in [5.41, 5.74) is 1.90. The first-order chi connectivity index (χ1) is 9.49. The molecule has 0 spiro atoms. The quantitative estimate of drug-likeness (QED) is 0.919. The minimum absolute atomic E-state index is 0.183. The van der Waals surface area contributed by atoms with Crippen molar-refractivity contribution in [1.82, 2.24) is 10.2 Å². The zero-order valence-electron chi connectivity index (χ0n) is 13.0. The van der Waals surface area contributed by atoms with Crippen molar-refractivity contribution in [3.05, 3.63) is 35.4 Å². The second kappa shape index (κ2) is 6.40. The van der Waals surface area contributed by atoms with Crippen LogP contribution in [0.4, 0.5) is 0 Å². The molecule has 0 aliphatic carbocycles. The maximum absolute atomic E-state index is 12.9. The average molecular weight is 274 g/mol. The smallest absolute Gasteiger partial charge is 0.254 e. The fraction of sp³-hybridized carbons (Fsp3) is 0.588. The van der Waals surface area contributed by atoms with E-state index in [2.05, 4.69) is 31.0 Å². The molecule has 3 nitrogen and oxygen atoms in total. The van der Waals surface area contributed by atoms with Gasteiger partial charge in [-0.05, 0) is 37.8 Å². The number of nitrogens with zero attached hydrogens (tertiary/aromatic N) is 1. The number of rotatable bonds is 3. The van der Waals surface area contributed by atoms with Crippen molar-refractivity contribution in [3.63, 3.8) is 0 Å². The van der Waals surface area contributed by atoms with E-state index >= 15 is 0 Å². The minimum atomic E-state index is 0.183. The zero-order valence-corrected chi connectivity index (χ0v) is 13.0. The summed E-state index contributed by atoms with van der Waals surface area (Å²) in [6.45, 7) is 10.3. The van der Waals surface area contributed by atoms with Crippen LogP contribution in [0.3, 0.4) is 0 Å². The molecule has 0 bridgehead atoms. The molecule has 0 radical (unpaired) electrons. The highest BCUT2D eigenvalue weighted by Gasteiger charge is 2.30. The van der Waals surface area contributed by atoms with Crippen LogP contribution in [0.2, 0.25) is 0 Å². The number of carbonyl (C=O) groups is 1. The maximum Gasteiger partial charge on any atom is 0.254 e. The van der Waals surface area contributed by atoms with E-state index in [9.17, 15) is 4.79 Å². The van der Waals surface area contributed by atoms with Gasteiger partial charge in [0.2, 0.25) is 0 Å². The number of nitrogens with one attached hydrogen (secondary N) is 1. The Morgan fingerprint density at radius 1 is 1.40 bits per heavy atom. The van der Waals surface area contributed by atoms with E-state index in [1.165, 1.54) is 0 Å². The van der Waals surface area contributed by atoms with Crippen LogP contribution >= 0.6 is 0 Å². The molecular weight excluding hydrogens is 248 g/mol. The maximum atomic E-state index is 12.9. The number of piperazine rings is 1. The highest BCUT2D eigenvalue weighted by Crippen LogP contribution is 2.19. The van der Waals surface area contributed by atoms with Crippen molar-refractivity contribution in [3.8, 4) is 0 Å². The van der Waals surface area contributed by atoms with Gasteiger partial charge in [-0.1, -0.05) is 32.0 Å². The molecular formula is C17H26N2O. The van der Waals surface area contributed by atoms with Gasteiger partial charge in [-0.3, -0.25) is 4.79 Å². The second-order valence-electron chi connectivity index (χ2n) is 6.37. The van der Waals surface area contributed by atoms with Crippen molar-refractivity contribution in [2.45, 2.75) is 46.2 Å². The van der Waals surface area contributed by atoms with Crippen LogP contribution in [-0.2, 0) is 0 Å². The summed E-state index contributed by atoms with van der Waals surface area (Å²) in [4.78, 5) is 14.9. The first kappa shape index (κ1) is 15.0. The Labute approximate surface area is 122 Å². The summed E-state index contributed by atoms with van der Waals surface area (Å²) in [6.07, 6.45) is 1.05. The molecule has 2 atom stereocenters. The predicted octanol–water partition coefficient (Wildman–Crippen LogP) is 2.84. The summed E-state index contributed by atoms with van der Waals surface area (Å²) in [5, 5.41) is 3.49. The van der Waals surface area contributed by atoms with Crippen LogP contribution in [0, 0.1) is 12.8 Å². The monoisotopic (exact) mass is 274 g/mol. The van der Waals surface area contributed by atoms with Crippen LogP contribution in [0.1, 0.15) is 43.1 Å². The van der Waals surface area contributed by atoms with Gasteiger partial charge in [0.25, 0.3) is 5.91 Å². The first-order valence-corrected chi connectivity index (χ1v) is 7.59. The Hall–Kier alpha value is -1.35. The van der Waals surface area contributed by atoms with E-state index in [0.29, 0.717) is 18.0 Å². The second-order valence-corrected chi connectivity index (χ2v) is 6.37. The van der Waals surface area contributed by atoms with Gasteiger partial charge in [-0.15, -0.1) is 0 Å². The summed E-state index contributed by atoms with van der Waals surface area (Å²) < 4.78 is 0. The predicted molar refractivity (Wildman–Crippen MR) is 82.9 cm³/mol. The van der Waals surface area contributed by atoms with Gasteiger partial charge < -0.3 is 10.2 Å². The fourth-order valence-corrected chi connectivity index (χ4v) is 2.93. The lowest BCUT2D eigenvalue weighted by Gasteiger charge is -2.40. The lowest BCUT2D eigenvalue weighted by atomic mass is 9.97. The number of aryl methyl sites for hydroxylation is 1. The van der Waals surface area contributed by atoms with E-state index in [4.69, 9.17) is 0 Å². The van der Waals surface area contributed by atoms with Crippen molar-refractivity contribution in [2.24, 2.45) is 5.92 Å². The normalized spacial score (nSPS) is 23.1. The van der Waals surface area contributed by atoms with E-state index in [1.807, 2.05) is 31.2 Å². The fourth-order valence-electron chi connectivity index (χ4n) is 2.93. The molecule has 1 aliphatic rings. The van der Waals surface area contributed by atoms with Crippen molar-refractivity contribution in [2.75, 3.05) is 13.1 Å². The van der Waals surface area contributed by atoms with Crippen LogP contribution in [0.25, 0.3) is 0 Å². The van der Waals surface area contributed by atoms with Gasteiger partial charge in [-0.2, -0.15) is 0 Å². The molecule has 1 amide bonds. The lowest BCUT2D eigenvalue weighted by molar-refractivity contribution is 0.0563. The third kappa shape index (κ3) is 3.40. The lowest BCUT2D eigenvalue weighted by Crippen LogP contribution is -2.57. The van der Waals surface area contributed by atoms with Gasteiger partial charge in [0.05, 0.1) is 0 Å². The third-order valence-electron chi connectivity index (χ3n) is 3.99. The van der Waals surface area contributed by atoms with E-state index in [0.717, 1.165) is 30.6 Å². The molecule has 1 aliphatic heterocycles. The van der Waals surface area contributed by atoms with E-state index in [-0.39, 0.29) is 5.91 Å². The highest BCUT2D eigenvalue weighted by atomic mass is 16.2. The topological polar surface area (TPSA) is 32.3 Å². The van der Waals surface area contributed by atoms with Gasteiger partial charge in [0.1, 0.15) is 0 Å². The Morgan fingerprint density at radius 3 is 2.75 bits per heavy atom. The number of hydrogen-bond donors (Lipinski definition) is 1. The molecule has 1 saturated heterocycles. The largest absolute Gasteiger partial charge is 0.333 e. The Bertz CT molecular complexity index is 470. The standard InChI is InChI=1S/C17H26N2O/c1-12(2)9-15-10-18-14(4)11-19(15)17(20)16-8-6-5-7-13(16)3/h5-8,12,14-15,18H,9-11H2,1-4H3. The van der Waals surface area contributed by atoms with E-state index in [1.54, 1.807) is 0 Å². The van der Waals surface area contributed by atoms with Crippen LogP contribution in [-0.4, -0.2) is 36.0 Å². The highest BCUT2D eigenvalue weighted by molar-refractivity contribution is 5.96. The Balaban J connectivity index is 2.22. The minimum Gasteiger partial charge on any atom is -0.333 e. The molecule has 1 fully saturated rings. The molecule has 1 heterocycles. The number of hydrogen-bond acceptors (Lipinski definition) is 2. The van der Waals surface area contributed by atoms with Gasteiger partial charge in [-0.25, -0.2) is 0 Å². The number of benzene rings is 1. The van der Waals surface area contributed by atoms with Gasteiger partial charge >= 0.3 is 0 Å². The SMILES string of the molecule is Cc1ccccc1C(=O)N1CC(C)NCC1CC(C)C. The summed E-state index contributed by atoms with van der Waals surface area (Å²) in [6, 6.07) is 8.55. The van der Waals surface area contributed by atoms with E-state index < -0.39 is 0 Å². The molecule has 0 aromatic heterocycles. The molecule has 1 N–H and O–H groups in total. The first-order valence-electron chi connectivity index (χ1n) is 7.59. The summed E-state index contributed by atoms with van der Waals surface area (Å²) in [5.74, 6) is 0.782. The average Bonchev–Trinajstić information content (AvgIpc) is 2.40. The molecule has 1 aromatic rings. The summed E-state index contributed by atoms with van der Waals surface area (Å²) in [7, 11) is 0. The van der Waals surface area contributed by atoms with Crippen molar-refractivity contribution < 1.29 is 4.79 Å². The Morgan fingerprint density at radius 2 is 2.10 bits per heavy atom. The molecule has 0 saturated carbocycles. The molecule has 3 heteroatoms. The third-order valence-corrected chi connectivity index (χ3v) is 3.99. The van der Waals surface area contributed by atoms with Gasteiger partial charge in [0, 0.05) is 30.7 Å². The number of amides is 1. The number of carbonyl (C=O) groups excluding carboxylic acids is 1. The zero-order chi connectivity index (χ0) is 14.7. The van der Waals surface area contributed by atoms with Crippen molar-refractivity contribution >= 4 is 5.91 Å².